The van der Waals surface area contributed by atoms with Crippen LogP contribution in [0.1, 0.15) is 23.5 Å². The second-order valence-corrected chi connectivity index (χ2v) is 8.16. The van der Waals surface area contributed by atoms with Crippen LogP contribution in [0.5, 0.6) is 5.75 Å². The molecule has 1 saturated heterocycles. The smallest absolute Gasteiger partial charge is 0.290 e. The number of rotatable bonds is 4. The van der Waals surface area contributed by atoms with Gasteiger partial charge in [0.2, 0.25) is 5.78 Å². The molecule has 2 fully saturated rings. The van der Waals surface area contributed by atoms with E-state index in [1.807, 2.05) is 42.5 Å². The second kappa shape index (κ2) is 6.33. The van der Waals surface area contributed by atoms with Gasteiger partial charge in [-0.15, -0.1) is 0 Å². The van der Waals surface area contributed by atoms with Crippen LogP contribution in [-0.2, 0) is 16.1 Å². The zero-order valence-electron chi connectivity index (χ0n) is 15.9. The van der Waals surface area contributed by atoms with Gasteiger partial charge in [0.1, 0.15) is 5.75 Å². The van der Waals surface area contributed by atoms with Crippen LogP contribution in [0.15, 0.2) is 66.7 Å². The van der Waals surface area contributed by atoms with E-state index in [1.54, 1.807) is 12.0 Å². The van der Waals surface area contributed by atoms with E-state index in [-0.39, 0.29) is 23.5 Å². The third kappa shape index (κ3) is 2.37. The summed E-state index contributed by atoms with van der Waals surface area (Å²) >= 11 is 0. The Labute approximate surface area is 164 Å². The average Bonchev–Trinajstić information content (AvgIpc) is 3.39. The van der Waals surface area contributed by atoms with Crippen LogP contribution in [0.3, 0.4) is 0 Å². The molecule has 4 heteroatoms. The van der Waals surface area contributed by atoms with E-state index in [0.29, 0.717) is 19.0 Å². The molecule has 1 aliphatic heterocycles. The molecule has 2 aromatic carbocycles. The summed E-state index contributed by atoms with van der Waals surface area (Å²) in [5, 5.41) is 0. The number of ether oxygens (including phenoxy) is 1. The molecule has 4 atom stereocenters. The molecule has 0 unspecified atom stereocenters. The summed E-state index contributed by atoms with van der Waals surface area (Å²) in [4.78, 5) is 28.1. The number of carbonyl (C=O) groups excluding carboxylic acids is 2. The second-order valence-electron chi connectivity index (χ2n) is 8.16. The van der Waals surface area contributed by atoms with Crippen molar-refractivity contribution in [2.75, 3.05) is 13.7 Å². The van der Waals surface area contributed by atoms with Crippen LogP contribution in [0, 0.1) is 17.3 Å². The van der Waals surface area contributed by atoms with Gasteiger partial charge in [-0.25, -0.2) is 0 Å². The number of ketones is 1. The van der Waals surface area contributed by atoms with Gasteiger partial charge in [0.25, 0.3) is 5.91 Å². The third-order valence-corrected chi connectivity index (χ3v) is 6.81. The minimum atomic E-state index is -0.639. The molecule has 4 nitrogen and oxygen atoms in total. The first kappa shape index (κ1) is 17.2. The van der Waals surface area contributed by atoms with Crippen molar-refractivity contribution in [3.8, 4) is 5.75 Å². The van der Waals surface area contributed by atoms with Crippen LogP contribution in [0.2, 0.25) is 0 Å². The van der Waals surface area contributed by atoms with Gasteiger partial charge in [-0.1, -0.05) is 54.6 Å². The quantitative estimate of drug-likeness (QED) is 0.608. The van der Waals surface area contributed by atoms with Crippen LogP contribution in [-0.4, -0.2) is 30.2 Å². The number of likely N-dealkylation sites (tertiary alicyclic amines) is 1. The molecule has 1 spiro atoms. The van der Waals surface area contributed by atoms with Crippen LogP contribution in [0.25, 0.3) is 0 Å². The number of allylic oxidation sites excluding steroid dienone is 2. The Morgan fingerprint density at radius 1 is 1.04 bits per heavy atom. The number of benzene rings is 2. The predicted octanol–water partition coefficient (Wildman–Crippen LogP) is 3.58. The molecule has 0 N–H and O–H groups in total. The first-order chi connectivity index (χ1) is 13.6. The summed E-state index contributed by atoms with van der Waals surface area (Å²) in [7, 11) is 1.65. The topological polar surface area (TPSA) is 46.6 Å². The van der Waals surface area contributed by atoms with Crippen molar-refractivity contribution in [1.82, 2.24) is 4.90 Å². The number of fused-ring (bicyclic) bond motifs is 3. The van der Waals surface area contributed by atoms with Gasteiger partial charge in [-0.3, -0.25) is 9.59 Å². The number of amides is 1. The Hall–Kier alpha value is -2.88. The lowest BCUT2D eigenvalue weighted by Gasteiger charge is -2.37. The highest BCUT2D eigenvalue weighted by Gasteiger charge is 2.66. The fourth-order valence-electron chi connectivity index (χ4n) is 5.58. The lowest BCUT2D eigenvalue weighted by molar-refractivity contribution is -0.143. The summed E-state index contributed by atoms with van der Waals surface area (Å²) in [5.41, 5.74) is 1.54. The fraction of sp³-hybridized carbons (Fsp3) is 0.333. The van der Waals surface area contributed by atoms with E-state index in [0.717, 1.165) is 23.3 Å². The van der Waals surface area contributed by atoms with Crippen molar-refractivity contribution in [2.24, 2.45) is 17.3 Å². The van der Waals surface area contributed by atoms with Crippen molar-refractivity contribution in [2.45, 2.75) is 18.9 Å². The number of nitrogens with zero attached hydrogens (tertiary/aromatic N) is 1. The van der Waals surface area contributed by atoms with Gasteiger partial charge in [0, 0.05) is 19.0 Å². The number of Topliss-reactive ketones (excluding diaryl/α,β-unsaturated/α-hetero) is 1. The van der Waals surface area contributed by atoms with Crippen molar-refractivity contribution in [1.29, 1.82) is 0 Å². The Balaban J connectivity index is 1.52. The summed E-state index contributed by atoms with van der Waals surface area (Å²) < 4.78 is 5.29. The molecule has 2 bridgehead atoms. The first-order valence-electron chi connectivity index (χ1n) is 9.83. The van der Waals surface area contributed by atoms with E-state index in [1.165, 1.54) is 0 Å². The predicted molar refractivity (Wildman–Crippen MR) is 106 cm³/mol. The van der Waals surface area contributed by atoms with Gasteiger partial charge in [0.05, 0.1) is 12.5 Å². The van der Waals surface area contributed by atoms with E-state index in [2.05, 4.69) is 24.3 Å². The Kier molecular flexibility index (Phi) is 3.90. The molecular weight excluding hydrogens is 350 g/mol. The van der Waals surface area contributed by atoms with Gasteiger partial charge in [0.15, 0.2) is 0 Å². The molecule has 28 heavy (non-hydrogen) atoms. The Bertz CT molecular complexity index is 950. The zero-order chi connectivity index (χ0) is 19.3. The molecule has 1 saturated carbocycles. The van der Waals surface area contributed by atoms with E-state index in [9.17, 15) is 9.59 Å². The molecule has 0 radical (unpaired) electrons. The zero-order valence-corrected chi connectivity index (χ0v) is 15.9. The molecule has 2 aromatic rings. The fourth-order valence-corrected chi connectivity index (χ4v) is 5.58. The normalized spacial score (nSPS) is 30.6. The molecule has 1 amide bonds. The Morgan fingerprint density at radius 3 is 2.50 bits per heavy atom. The largest absolute Gasteiger partial charge is 0.497 e. The van der Waals surface area contributed by atoms with Crippen molar-refractivity contribution >= 4 is 11.7 Å². The highest BCUT2D eigenvalue weighted by molar-refractivity contribution is 6.40. The average molecular weight is 373 g/mol. The SMILES string of the molecule is COc1ccc([C@@H]2[C@@H]3C=C[C@@H](C3)[C@]23CN(Cc2ccccc2)C(=O)C3=O)cc1. The summed E-state index contributed by atoms with van der Waals surface area (Å²) in [6.07, 6.45) is 5.36. The van der Waals surface area contributed by atoms with E-state index >= 15 is 0 Å². The maximum absolute atomic E-state index is 13.4. The summed E-state index contributed by atoms with van der Waals surface area (Å²) in [6.45, 7) is 0.991. The van der Waals surface area contributed by atoms with Crippen molar-refractivity contribution in [3.05, 3.63) is 77.9 Å². The lowest BCUT2D eigenvalue weighted by atomic mass is 9.64. The van der Waals surface area contributed by atoms with Gasteiger partial charge in [-0.2, -0.15) is 0 Å². The highest BCUT2D eigenvalue weighted by atomic mass is 16.5. The van der Waals surface area contributed by atoms with Crippen molar-refractivity contribution < 1.29 is 14.3 Å². The standard InChI is InChI=1S/C24H23NO3/c1-28-20-11-8-17(9-12-20)21-18-7-10-19(13-18)24(21)15-25(23(27)22(24)26)14-16-5-3-2-4-6-16/h2-12,18-19,21H,13-15H2,1H3/t18-,19+,21-,24-/m1/s1. The van der Waals surface area contributed by atoms with Gasteiger partial charge >= 0.3 is 0 Å². The molecule has 3 aliphatic rings. The number of carbonyl (C=O) groups is 2. The van der Waals surface area contributed by atoms with E-state index in [4.69, 9.17) is 4.74 Å². The maximum atomic E-state index is 13.4. The molecule has 1 heterocycles. The monoisotopic (exact) mass is 373 g/mol. The highest BCUT2D eigenvalue weighted by Crippen LogP contribution is 2.63. The summed E-state index contributed by atoms with van der Waals surface area (Å²) in [6, 6.07) is 17.9. The lowest BCUT2D eigenvalue weighted by Crippen LogP contribution is -2.41. The van der Waals surface area contributed by atoms with Gasteiger partial charge in [-0.05, 0) is 41.5 Å². The Morgan fingerprint density at radius 2 is 1.79 bits per heavy atom. The molecule has 2 aliphatic carbocycles. The number of hydrogen-bond donors (Lipinski definition) is 0. The summed E-state index contributed by atoms with van der Waals surface area (Å²) in [5.74, 6) is 0.764. The van der Waals surface area contributed by atoms with E-state index < -0.39 is 5.41 Å². The third-order valence-electron chi connectivity index (χ3n) is 6.81. The number of methoxy groups -OCH3 is 1. The van der Waals surface area contributed by atoms with Crippen molar-refractivity contribution in [3.63, 3.8) is 0 Å². The van der Waals surface area contributed by atoms with Gasteiger partial charge < -0.3 is 9.64 Å². The minimum absolute atomic E-state index is 0.0469. The van der Waals surface area contributed by atoms with Crippen LogP contribution < -0.4 is 4.74 Å². The number of hydrogen-bond acceptors (Lipinski definition) is 3. The minimum Gasteiger partial charge on any atom is -0.497 e. The molecule has 142 valence electrons. The van der Waals surface area contributed by atoms with Crippen LogP contribution >= 0.6 is 0 Å². The molecule has 5 rings (SSSR count). The first-order valence-corrected chi connectivity index (χ1v) is 9.83. The maximum Gasteiger partial charge on any atom is 0.290 e. The molecular formula is C24H23NO3. The molecule has 0 aromatic heterocycles. The van der Waals surface area contributed by atoms with Crippen LogP contribution in [0.4, 0.5) is 0 Å².